The lowest BCUT2D eigenvalue weighted by Gasteiger charge is -2.07. The molecule has 3 aromatic rings. The molecule has 0 spiro atoms. The summed E-state index contributed by atoms with van der Waals surface area (Å²) in [5.41, 5.74) is 2.29. The van der Waals surface area contributed by atoms with Gasteiger partial charge in [-0.15, -0.1) is 11.3 Å². The minimum Gasteiger partial charge on any atom is -0.385 e. The lowest BCUT2D eigenvalue weighted by atomic mass is 10.1. The summed E-state index contributed by atoms with van der Waals surface area (Å²) in [5.74, 6) is -0.155. The first kappa shape index (κ1) is 15.6. The van der Waals surface area contributed by atoms with Gasteiger partial charge >= 0.3 is 0 Å². The van der Waals surface area contributed by atoms with Crippen LogP contribution in [0.4, 0.5) is 0 Å². The number of ether oxygens (including phenoxy) is 1. The van der Waals surface area contributed by atoms with Crippen LogP contribution in [-0.4, -0.2) is 36.3 Å². The third-order valence-corrected chi connectivity index (χ3v) is 4.34. The molecule has 0 unspecified atom stereocenters. The number of hydrogen-bond donors (Lipinski definition) is 1. The molecule has 6 nitrogen and oxygen atoms in total. The molecule has 0 radical (unpaired) electrons. The van der Waals surface area contributed by atoms with E-state index < -0.39 is 0 Å². The first-order valence-corrected chi connectivity index (χ1v) is 8.16. The highest BCUT2D eigenvalue weighted by Crippen LogP contribution is 2.29. The Morgan fingerprint density at radius 2 is 2.35 bits per heavy atom. The van der Waals surface area contributed by atoms with E-state index in [2.05, 4.69) is 15.5 Å². The number of nitrogens with zero attached hydrogens (tertiary/aromatic N) is 2. The van der Waals surface area contributed by atoms with E-state index in [0.717, 1.165) is 11.3 Å². The van der Waals surface area contributed by atoms with E-state index in [9.17, 15) is 4.79 Å². The number of aryl methyl sites for hydroxylation is 1. The predicted molar refractivity (Wildman–Crippen MR) is 88.7 cm³/mol. The van der Waals surface area contributed by atoms with Crippen LogP contribution in [-0.2, 0) is 4.74 Å². The van der Waals surface area contributed by atoms with Gasteiger partial charge in [0, 0.05) is 20.3 Å². The number of carbonyl (C=O) groups is 1. The van der Waals surface area contributed by atoms with Gasteiger partial charge in [-0.2, -0.15) is 0 Å². The van der Waals surface area contributed by atoms with Crippen LogP contribution in [0, 0.1) is 6.92 Å². The zero-order chi connectivity index (χ0) is 16.2. The maximum atomic E-state index is 12.5. The molecule has 0 bridgehead atoms. The van der Waals surface area contributed by atoms with Crippen molar-refractivity contribution in [2.75, 3.05) is 20.3 Å². The fourth-order valence-electron chi connectivity index (χ4n) is 2.34. The van der Waals surface area contributed by atoms with Gasteiger partial charge in [0.2, 0.25) is 0 Å². The molecular formula is C16H17N3O3S. The quantitative estimate of drug-likeness (QED) is 0.703. The van der Waals surface area contributed by atoms with Crippen LogP contribution in [0.1, 0.15) is 22.5 Å². The first-order chi connectivity index (χ1) is 11.2. The monoisotopic (exact) mass is 331 g/mol. The van der Waals surface area contributed by atoms with Crippen LogP contribution in [0.2, 0.25) is 0 Å². The van der Waals surface area contributed by atoms with Gasteiger partial charge in [-0.1, -0.05) is 11.2 Å². The van der Waals surface area contributed by atoms with Crippen molar-refractivity contribution in [3.8, 4) is 10.6 Å². The molecule has 0 saturated carbocycles. The molecule has 0 fully saturated rings. The lowest BCUT2D eigenvalue weighted by Crippen LogP contribution is -2.25. The number of amides is 1. The molecule has 0 saturated heterocycles. The smallest absolute Gasteiger partial charge is 0.259 e. The number of hydrogen-bond acceptors (Lipinski definition) is 6. The van der Waals surface area contributed by atoms with Crippen molar-refractivity contribution in [1.82, 2.24) is 15.5 Å². The van der Waals surface area contributed by atoms with Crippen LogP contribution in [0.5, 0.6) is 0 Å². The average molecular weight is 331 g/mol. The summed E-state index contributed by atoms with van der Waals surface area (Å²) in [6.07, 6.45) is 0.761. The molecule has 3 aromatic heterocycles. The molecule has 23 heavy (non-hydrogen) atoms. The van der Waals surface area contributed by atoms with E-state index >= 15 is 0 Å². The van der Waals surface area contributed by atoms with Gasteiger partial charge in [0.15, 0.2) is 0 Å². The average Bonchev–Trinajstić information content (AvgIpc) is 3.21. The van der Waals surface area contributed by atoms with Gasteiger partial charge < -0.3 is 14.6 Å². The Morgan fingerprint density at radius 3 is 3.09 bits per heavy atom. The molecule has 0 aliphatic rings. The topological polar surface area (TPSA) is 77.2 Å². The number of methoxy groups -OCH3 is 1. The number of fused-ring (bicyclic) bond motifs is 1. The highest BCUT2D eigenvalue weighted by atomic mass is 32.1. The Hall–Kier alpha value is -2.25. The van der Waals surface area contributed by atoms with Crippen molar-refractivity contribution in [3.63, 3.8) is 0 Å². The van der Waals surface area contributed by atoms with Crippen molar-refractivity contribution < 1.29 is 14.1 Å². The molecule has 1 N–H and O–H groups in total. The summed E-state index contributed by atoms with van der Waals surface area (Å²) in [7, 11) is 1.64. The lowest BCUT2D eigenvalue weighted by molar-refractivity contribution is 0.0950. The Morgan fingerprint density at radius 1 is 1.48 bits per heavy atom. The molecule has 0 aromatic carbocycles. The number of thiophene rings is 1. The van der Waals surface area contributed by atoms with Crippen LogP contribution in [0.25, 0.3) is 21.7 Å². The maximum Gasteiger partial charge on any atom is 0.259 e. The van der Waals surface area contributed by atoms with Gasteiger partial charge in [0.1, 0.15) is 0 Å². The Balaban J connectivity index is 1.96. The second kappa shape index (κ2) is 6.89. The normalized spacial score (nSPS) is 11.0. The molecule has 3 heterocycles. The van der Waals surface area contributed by atoms with Crippen LogP contribution in [0.3, 0.4) is 0 Å². The number of rotatable bonds is 6. The summed E-state index contributed by atoms with van der Waals surface area (Å²) in [6.45, 7) is 2.97. The zero-order valence-electron chi connectivity index (χ0n) is 13.0. The summed E-state index contributed by atoms with van der Waals surface area (Å²) >= 11 is 1.56. The highest BCUT2D eigenvalue weighted by molar-refractivity contribution is 7.13. The molecule has 7 heteroatoms. The number of pyridine rings is 1. The van der Waals surface area contributed by atoms with E-state index in [1.54, 1.807) is 31.4 Å². The van der Waals surface area contributed by atoms with Gasteiger partial charge in [0.05, 0.1) is 27.2 Å². The Kier molecular flexibility index (Phi) is 4.68. The van der Waals surface area contributed by atoms with Crippen molar-refractivity contribution in [2.24, 2.45) is 0 Å². The first-order valence-electron chi connectivity index (χ1n) is 7.28. The third kappa shape index (κ3) is 3.25. The van der Waals surface area contributed by atoms with Gasteiger partial charge in [-0.3, -0.25) is 4.79 Å². The minimum atomic E-state index is -0.155. The second-order valence-corrected chi connectivity index (χ2v) is 6.03. The summed E-state index contributed by atoms with van der Waals surface area (Å²) in [6, 6.07) is 5.70. The van der Waals surface area contributed by atoms with E-state index in [0.29, 0.717) is 41.2 Å². The molecule has 0 atom stereocenters. The minimum absolute atomic E-state index is 0.155. The number of carbonyl (C=O) groups excluding carboxylic acids is 1. The summed E-state index contributed by atoms with van der Waals surface area (Å²) in [5, 5.41) is 9.47. The molecular weight excluding hydrogens is 314 g/mol. The van der Waals surface area contributed by atoms with Gasteiger partial charge in [0.25, 0.3) is 11.6 Å². The predicted octanol–water partition coefficient (Wildman–Crippen LogP) is 3.03. The van der Waals surface area contributed by atoms with E-state index in [1.165, 1.54) is 0 Å². The molecule has 1 amide bonds. The highest BCUT2D eigenvalue weighted by Gasteiger charge is 2.19. The van der Waals surface area contributed by atoms with Crippen LogP contribution in [0.15, 0.2) is 28.1 Å². The third-order valence-electron chi connectivity index (χ3n) is 3.45. The SMILES string of the molecule is COCCCNC(=O)c1cc(-c2cccs2)nc2onc(C)c12. The second-order valence-electron chi connectivity index (χ2n) is 5.08. The Labute approximate surface area is 137 Å². The van der Waals surface area contributed by atoms with Crippen molar-refractivity contribution in [1.29, 1.82) is 0 Å². The summed E-state index contributed by atoms with van der Waals surface area (Å²) in [4.78, 5) is 18.0. The van der Waals surface area contributed by atoms with Gasteiger partial charge in [-0.05, 0) is 30.9 Å². The molecule has 0 aliphatic carbocycles. The van der Waals surface area contributed by atoms with E-state index in [-0.39, 0.29) is 5.91 Å². The molecule has 0 aliphatic heterocycles. The zero-order valence-corrected chi connectivity index (χ0v) is 13.8. The van der Waals surface area contributed by atoms with Gasteiger partial charge in [-0.25, -0.2) is 4.98 Å². The standard InChI is InChI=1S/C16H17N3O3S/c1-10-14-11(15(20)17-6-4-7-21-2)9-12(13-5-3-8-23-13)18-16(14)22-19-10/h3,5,8-9H,4,6-7H2,1-2H3,(H,17,20). The molecule has 3 rings (SSSR count). The number of aromatic nitrogens is 2. The number of nitrogens with one attached hydrogen (secondary N) is 1. The fourth-order valence-corrected chi connectivity index (χ4v) is 3.02. The van der Waals surface area contributed by atoms with Crippen LogP contribution >= 0.6 is 11.3 Å². The largest absolute Gasteiger partial charge is 0.385 e. The van der Waals surface area contributed by atoms with Crippen LogP contribution < -0.4 is 5.32 Å². The summed E-state index contributed by atoms with van der Waals surface area (Å²) < 4.78 is 10.3. The van der Waals surface area contributed by atoms with Crippen molar-refractivity contribution in [2.45, 2.75) is 13.3 Å². The molecule has 120 valence electrons. The maximum absolute atomic E-state index is 12.5. The fraction of sp³-hybridized carbons (Fsp3) is 0.312. The Bertz CT molecular complexity index is 811. The van der Waals surface area contributed by atoms with Crippen molar-refractivity contribution in [3.05, 3.63) is 34.8 Å². The van der Waals surface area contributed by atoms with E-state index in [1.807, 2.05) is 17.5 Å². The van der Waals surface area contributed by atoms with Crippen molar-refractivity contribution >= 4 is 28.3 Å². The van der Waals surface area contributed by atoms with E-state index in [4.69, 9.17) is 9.26 Å².